The standard InChI is InChI=1S/C27H26N4O3/c1-17-4-5-21(33-16-20-6-10-28-20)13-23(17)26(32)31-27(7-8-27)24-11-18(19-14-30-34-15-19)12-25-22(24)3-2-9-29-25/h2-5,9,11-15,20,28H,6-8,10,16H2,1H3,(H,31,32)/t20-/m0/s1. The van der Waals surface area contributed by atoms with Gasteiger partial charge in [0.15, 0.2) is 0 Å². The normalized spacial score (nSPS) is 18.3. The van der Waals surface area contributed by atoms with E-state index in [2.05, 4.69) is 32.9 Å². The van der Waals surface area contributed by atoms with Crippen molar-refractivity contribution in [3.05, 3.63) is 77.8 Å². The van der Waals surface area contributed by atoms with Gasteiger partial charge in [0.05, 0.1) is 17.3 Å². The van der Waals surface area contributed by atoms with E-state index in [0.29, 0.717) is 18.2 Å². The van der Waals surface area contributed by atoms with Crippen LogP contribution in [0.4, 0.5) is 0 Å². The molecule has 0 bridgehead atoms. The van der Waals surface area contributed by atoms with Crippen LogP contribution in [-0.4, -0.2) is 35.2 Å². The average Bonchev–Trinajstić information content (AvgIpc) is 3.37. The molecule has 2 N–H and O–H groups in total. The Labute approximate surface area is 197 Å². The van der Waals surface area contributed by atoms with E-state index in [1.54, 1.807) is 18.7 Å². The third kappa shape index (κ3) is 3.82. The second kappa shape index (κ2) is 8.25. The number of hydrogen-bond acceptors (Lipinski definition) is 6. The van der Waals surface area contributed by atoms with Crippen LogP contribution in [-0.2, 0) is 5.54 Å². The first-order chi connectivity index (χ1) is 16.6. The fourth-order valence-corrected chi connectivity index (χ4v) is 4.59. The van der Waals surface area contributed by atoms with Gasteiger partial charge in [-0.15, -0.1) is 0 Å². The lowest BCUT2D eigenvalue weighted by atomic mass is 9.94. The van der Waals surface area contributed by atoms with Gasteiger partial charge in [0.25, 0.3) is 5.91 Å². The number of nitrogens with one attached hydrogen (secondary N) is 2. The number of carbonyl (C=O) groups is 1. The number of pyridine rings is 1. The average molecular weight is 455 g/mol. The van der Waals surface area contributed by atoms with Crippen molar-refractivity contribution < 1.29 is 14.1 Å². The minimum absolute atomic E-state index is 0.0883. The van der Waals surface area contributed by atoms with Gasteiger partial charge in [-0.3, -0.25) is 9.78 Å². The second-order valence-corrected chi connectivity index (χ2v) is 9.27. The summed E-state index contributed by atoms with van der Waals surface area (Å²) >= 11 is 0. The zero-order chi connectivity index (χ0) is 23.1. The van der Waals surface area contributed by atoms with Crippen molar-refractivity contribution >= 4 is 16.8 Å². The number of hydrogen-bond donors (Lipinski definition) is 2. The summed E-state index contributed by atoms with van der Waals surface area (Å²) in [6.07, 6.45) is 7.98. The van der Waals surface area contributed by atoms with Crippen LogP contribution in [0, 0.1) is 6.92 Å². The maximum atomic E-state index is 13.5. The number of nitrogens with zero attached hydrogens (tertiary/aromatic N) is 2. The highest BCUT2D eigenvalue weighted by molar-refractivity contribution is 5.98. The molecule has 3 heterocycles. The Morgan fingerprint density at radius 3 is 2.85 bits per heavy atom. The molecule has 0 unspecified atom stereocenters. The molecule has 2 aromatic heterocycles. The molecule has 1 amide bonds. The molecule has 0 spiro atoms. The molecular weight excluding hydrogens is 428 g/mol. The van der Waals surface area contributed by atoms with Gasteiger partial charge in [-0.25, -0.2) is 0 Å². The molecule has 6 rings (SSSR count). The van der Waals surface area contributed by atoms with Crippen molar-refractivity contribution in [3.63, 3.8) is 0 Å². The number of amides is 1. The first-order valence-corrected chi connectivity index (χ1v) is 11.7. The van der Waals surface area contributed by atoms with Crippen molar-refractivity contribution in [2.75, 3.05) is 13.2 Å². The van der Waals surface area contributed by atoms with Crippen LogP contribution in [0.15, 0.2) is 65.6 Å². The molecule has 7 heteroatoms. The fourth-order valence-electron chi connectivity index (χ4n) is 4.59. The maximum Gasteiger partial charge on any atom is 0.252 e. The van der Waals surface area contributed by atoms with Crippen molar-refractivity contribution in [1.82, 2.24) is 20.8 Å². The number of ether oxygens (including phenoxy) is 1. The molecule has 1 atom stereocenters. The summed E-state index contributed by atoms with van der Waals surface area (Å²) in [5.41, 5.74) is 4.95. The Morgan fingerprint density at radius 1 is 1.24 bits per heavy atom. The molecule has 2 fully saturated rings. The van der Waals surface area contributed by atoms with Crippen molar-refractivity contribution in [2.45, 2.75) is 37.8 Å². The third-order valence-electron chi connectivity index (χ3n) is 6.94. The molecule has 1 aliphatic carbocycles. The number of aryl methyl sites for hydroxylation is 1. The highest BCUT2D eigenvalue weighted by Crippen LogP contribution is 2.49. The summed E-state index contributed by atoms with van der Waals surface area (Å²) in [4.78, 5) is 18.1. The largest absolute Gasteiger partial charge is 0.492 e. The summed E-state index contributed by atoms with van der Waals surface area (Å²) in [5, 5.41) is 11.6. The number of rotatable bonds is 7. The Hall–Kier alpha value is -3.71. The predicted molar refractivity (Wildman–Crippen MR) is 129 cm³/mol. The summed E-state index contributed by atoms with van der Waals surface area (Å²) in [6, 6.07) is 14.3. The molecule has 0 radical (unpaired) electrons. The quantitative estimate of drug-likeness (QED) is 0.431. The van der Waals surface area contributed by atoms with E-state index in [1.807, 2.05) is 37.3 Å². The zero-order valence-electron chi connectivity index (χ0n) is 19.0. The smallest absolute Gasteiger partial charge is 0.252 e. The van der Waals surface area contributed by atoms with Crippen molar-refractivity contribution in [2.24, 2.45) is 0 Å². The van der Waals surface area contributed by atoms with Gasteiger partial charge in [0, 0.05) is 28.8 Å². The first kappa shape index (κ1) is 20.9. The lowest BCUT2D eigenvalue weighted by Crippen LogP contribution is -2.46. The monoisotopic (exact) mass is 454 g/mol. The van der Waals surface area contributed by atoms with Crippen LogP contribution in [0.3, 0.4) is 0 Å². The SMILES string of the molecule is Cc1ccc(OC[C@@H]2CCN2)cc1C(=O)NC1(c2cc(-c3cnoc3)cc3ncccc23)CC1. The van der Waals surface area contributed by atoms with E-state index in [-0.39, 0.29) is 5.91 Å². The predicted octanol–water partition coefficient (Wildman–Crippen LogP) is 4.36. The maximum absolute atomic E-state index is 13.5. The van der Waals surface area contributed by atoms with E-state index in [1.165, 1.54) is 0 Å². The van der Waals surface area contributed by atoms with Crippen LogP contribution in [0.2, 0.25) is 0 Å². The molecule has 172 valence electrons. The van der Waals surface area contributed by atoms with Crippen LogP contribution in [0.1, 0.15) is 40.7 Å². The van der Waals surface area contributed by atoms with Crippen LogP contribution >= 0.6 is 0 Å². The molecule has 1 saturated carbocycles. The molecular formula is C27H26N4O3. The summed E-state index contributed by atoms with van der Waals surface area (Å²) < 4.78 is 11.0. The third-order valence-corrected chi connectivity index (χ3v) is 6.94. The lowest BCUT2D eigenvalue weighted by Gasteiger charge is -2.27. The van der Waals surface area contributed by atoms with E-state index >= 15 is 0 Å². The molecule has 4 aromatic rings. The number of fused-ring (bicyclic) bond motifs is 1. The lowest BCUT2D eigenvalue weighted by molar-refractivity contribution is 0.0930. The molecule has 34 heavy (non-hydrogen) atoms. The highest BCUT2D eigenvalue weighted by Gasteiger charge is 2.47. The zero-order valence-corrected chi connectivity index (χ0v) is 19.0. The Kier molecular flexibility index (Phi) is 5.07. The van der Waals surface area contributed by atoms with Crippen LogP contribution in [0.5, 0.6) is 5.75 Å². The van der Waals surface area contributed by atoms with Gasteiger partial charge in [-0.05, 0) is 79.8 Å². The second-order valence-electron chi connectivity index (χ2n) is 9.27. The van der Waals surface area contributed by atoms with E-state index < -0.39 is 5.54 Å². The van der Waals surface area contributed by atoms with Crippen molar-refractivity contribution in [3.8, 4) is 16.9 Å². The Balaban J connectivity index is 1.31. The van der Waals surface area contributed by atoms with Gasteiger partial charge in [-0.2, -0.15) is 0 Å². The van der Waals surface area contributed by atoms with E-state index in [4.69, 9.17) is 9.26 Å². The fraction of sp³-hybridized carbons (Fsp3) is 0.296. The van der Waals surface area contributed by atoms with Gasteiger partial charge in [0.2, 0.25) is 0 Å². The minimum Gasteiger partial charge on any atom is -0.492 e. The highest BCUT2D eigenvalue weighted by atomic mass is 16.5. The molecule has 7 nitrogen and oxygen atoms in total. The van der Waals surface area contributed by atoms with Crippen LogP contribution < -0.4 is 15.4 Å². The van der Waals surface area contributed by atoms with Gasteiger partial charge in [-0.1, -0.05) is 17.3 Å². The molecule has 2 aliphatic rings. The Bertz CT molecular complexity index is 1360. The summed E-state index contributed by atoms with van der Waals surface area (Å²) in [5.74, 6) is 0.632. The summed E-state index contributed by atoms with van der Waals surface area (Å²) in [7, 11) is 0. The number of carbonyl (C=O) groups excluding carboxylic acids is 1. The topological polar surface area (TPSA) is 89.3 Å². The molecule has 1 saturated heterocycles. The van der Waals surface area contributed by atoms with Crippen LogP contribution in [0.25, 0.3) is 22.0 Å². The van der Waals surface area contributed by atoms with E-state index in [0.717, 1.165) is 64.7 Å². The number of aromatic nitrogens is 2. The van der Waals surface area contributed by atoms with Crippen molar-refractivity contribution in [1.29, 1.82) is 0 Å². The Morgan fingerprint density at radius 2 is 2.12 bits per heavy atom. The van der Waals surface area contributed by atoms with Gasteiger partial charge < -0.3 is 19.9 Å². The molecule has 1 aliphatic heterocycles. The number of benzene rings is 2. The first-order valence-electron chi connectivity index (χ1n) is 11.7. The summed E-state index contributed by atoms with van der Waals surface area (Å²) in [6.45, 7) is 3.61. The van der Waals surface area contributed by atoms with Gasteiger partial charge >= 0.3 is 0 Å². The van der Waals surface area contributed by atoms with E-state index in [9.17, 15) is 4.79 Å². The minimum atomic E-state index is -0.426. The molecule has 2 aromatic carbocycles. The van der Waals surface area contributed by atoms with Gasteiger partial charge in [0.1, 0.15) is 18.6 Å².